The molecule has 1 heterocycles. The predicted octanol–water partition coefficient (Wildman–Crippen LogP) is 3.58. The quantitative estimate of drug-likeness (QED) is 0.935. The van der Waals surface area contributed by atoms with Crippen LogP contribution in [0.5, 0.6) is 5.75 Å². The van der Waals surface area contributed by atoms with Gasteiger partial charge in [-0.05, 0) is 45.8 Å². The van der Waals surface area contributed by atoms with Crippen LogP contribution < -0.4 is 4.74 Å². The highest BCUT2D eigenvalue weighted by molar-refractivity contribution is 9.11. The number of aliphatic hydroxyl groups is 1. The second kappa shape index (κ2) is 5.48. The van der Waals surface area contributed by atoms with Crippen LogP contribution in [0.4, 0.5) is 0 Å². The zero-order valence-corrected chi connectivity index (χ0v) is 10.9. The van der Waals surface area contributed by atoms with Crippen LogP contribution in [-0.4, -0.2) is 5.11 Å². The van der Waals surface area contributed by atoms with Gasteiger partial charge in [0, 0.05) is 4.88 Å². The summed E-state index contributed by atoms with van der Waals surface area (Å²) in [6, 6.07) is 11.5. The number of hydrogen-bond donors (Lipinski definition) is 1. The van der Waals surface area contributed by atoms with Gasteiger partial charge in [0.1, 0.15) is 12.4 Å². The molecule has 0 bridgehead atoms. The number of hydrogen-bond acceptors (Lipinski definition) is 3. The third-order valence-electron chi connectivity index (χ3n) is 2.12. The van der Waals surface area contributed by atoms with Gasteiger partial charge in [0.25, 0.3) is 0 Å². The van der Waals surface area contributed by atoms with Gasteiger partial charge in [-0.2, -0.15) is 0 Å². The Morgan fingerprint density at radius 3 is 2.44 bits per heavy atom. The van der Waals surface area contributed by atoms with Crippen LogP contribution in [-0.2, 0) is 13.2 Å². The first-order valence-electron chi connectivity index (χ1n) is 4.85. The molecule has 0 aliphatic heterocycles. The number of halogens is 1. The van der Waals surface area contributed by atoms with Gasteiger partial charge in [-0.1, -0.05) is 12.1 Å². The van der Waals surface area contributed by atoms with Gasteiger partial charge in [-0.25, -0.2) is 0 Å². The SMILES string of the molecule is OCc1ccc(OCc2ccc(Br)s2)cc1. The lowest BCUT2D eigenvalue weighted by molar-refractivity contribution is 0.281. The average molecular weight is 299 g/mol. The molecule has 0 spiro atoms. The number of aliphatic hydroxyl groups excluding tert-OH is 1. The summed E-state index contributed by atoms with van der Waals surface area (Å²) in [5.41, 5.74) is 0.895. The van der Waals surface area contributed by atoms with Crippen LogP contribution >= 0.6 is 27.3 Å². The molecule has 0 saturated heterocycles. The van der Waals surface area contributed by atoms with Gasteiger partial charge in [0.15, 0.2) is 0 Å². The van der Waals surface area contributed by atoms with Crippen LogP contribution in [0.25, 0.3) is 0 Å². The molecule has 1 aromatic carbocycles. The van der Waals surface area contributed by atoms with Crippen molar-refractivity contribution in [2.75, 3.05) is 0 Å². The van der Waals surface area contributed by atoms with Gasteiger partial charge in [0.05, 0.1) is 10.4 Å². The average Bonchev–Trinajstić information content (AvgIpc) is 2.73. The van der Waals surface area contributed by atoms with Crippen molar-refractivity contribution in [3.63, 3.8) is 0 Å². The van der Waals surface area contributed by atoms with Gasteiger partial charge < -0.3 is 9.84 Å². The molecule has 0 aliphatic rings. The summed E-state index contributed by atoms with van der Waals surface area (Å²) in [4.78, 5) is 1.18. The minimum atomic E-state index is 0.0676. The van der Waals surface area contributed by atoms with Crippen molar-refractivity contribution in [1.29, 1.82) is 0 Å². The first-order chi connectivity index (χ1) is 7.78. The van der Waals surface area contributed by atoms with Crippen molar-refractivity contribution in [3.05, 3.63) is 50.6 Å². The Kier molecular flexibility index (Phi) is 3.98. The van der Waals surface area contributed by atoms with E-state index in [1.54, 1.807) is 11.3 Å². The summed E-state index contributed by atoms with van der Waals surface area (Å²) in [7, 11) is 0. The summed E-state index contributed by atoms with van der Waals surface area (Å²) < 4.78 is 6.73. The molecule has 2 nitrogen and oxygen atoms in total. The van der Waals surface area contributed by atoms with E-state index in [4.69, 9.17) is 9.84 Å². The van der Waals surface area contributed by atoms with Crippen LogP contribution in [0.1, 0.15) is 10.4 Å². The molecular weight excluding hydrogens is 288 g/mol. The maximum Gasteiger partial charge on any atom is 0.122 e. The third-order valence-corrected chi connectivity index (χ3v) is 3.71. The third kappa shape index (κ3) is 3.07. The zero-order valence-electron chi connectivity index (χ0n) is 8.52. The Morgan fingerprint density at radius 1 is 1.12 bits per heavy atom. The molecule has 0 fully saturated rings. The van der Waals surface area contributed by atoms with Crippen LogP contribution in [0, 0.1) is 0 Å². The standard InChI is InChI=1S/C12H11BrO2S/c13-12-6-5-11(16-12)8-15-10-3-1-9(7-14)2-4-10/h1-6,14H,7-8H2. The van der Waals surface area contributed by atoms with Crippen molar-refractivity contribution in [2.24, 2.45) is 0 Å². The molecule has 0 amide bonds. The van der Waals surface area contributed by atoms with E-state index in [9.17, 15) is 0 Å². The second-order valence-corrected chi connectivity index (χ2v) is 5.84. The molecule has 1 N–H and O–H groups in total. The van der Waals surface area contributed by atoms with E-state index in [2.05, 4.69) is 15.9 Å². The maximum absolute atomic E-state index is 8.89. The van der Waals surface area contributed by atoms with E-state index >= 15 is 0 Å². The predicted molar refractivity (Wildman–Crippen MR) is 68.7 cm³/mol. The molecule has 1 aromatic heterocycles. The number of thiophene rings is 1. The molecule has 2 rings (SSSR count). The summed E-state index contributed by atoms with van der Waals surface area (Å²) in [6.07, 6.45) is 0. The first kappa shape index (κ1) is 11.6. The first-order valence-corrected chi connectivity index (χ1v) is 6.45. The van der Waals surface area contributed by atoms with Crippen molar-refractivity contribution in [2.45, 2.75) is 13.2 Å². The maximum atomic E-state index is 8.89. The number of benzene rings is 1. The van der Waals surface area contributed by atoms with E-state index in [0.717, 1.165) is 15.1 Å². The Hall–Kier alpha value is -0.840. The minimum absolute atomic E-state index is 0.0676. The van der Waals surface area contributed by atoms with Crippen molar-refractivity contribution >= 4 is 27.3 Å². The van der Waals surface area contributed by atoms with Gasteiger partial charge in [-0.3, -0.25) is 0 Å². The van der Waals surface area contributed by atoms with Crippen LogP contribution in [0.2, 0.25) is 0 Å². The van der Waals surface area contributed by atoms with Crippen molar-refractivity contribution in [1.82, 2.24) is 0 Å². The molecule has 0 saturated carbocycles. The van der Waals surface area contributed by atoms with Gasteiger partial charge in [0.2, 0.25) is 0 Å². The van der Waals surface area contributed by atoms with E-state index in [-0.39, 0.29) is 6.61 Å². The molecule has 0 unspecified atom stereocenters. The lowest BCUT2D eigenvalue weighted by atomic mass is 10.2. The molecule has 0 radical (unpaired) electrons. The lowest BCUT2D eigenvalue weighted by Crippen LogP contribution is -1.92. The highest BCUT2D eigenvalue weighted by atomic mass is 79.9. The Morgan fingerprint density at radius 2 is 1.88 bits per heavy atom. The Balaban J connectivity index is 1.94. The number of ether oxygens (including phenoxy) is 1. The monoisotopic (exact) mass is 298 g/mol. The molecule has 2 aromatic rings. The molecule has 0 aliphatic carbocycles. The molecule has 4 heteroatoms. The highest BCUT2D eigenvalue weighted by Gasteiger charge is 1.99. The molecule has 0 atom stereocenters. The lowest BCUT2D eigenvalue weighted by Gasteiger charge is -2.04. The van der Waals surface area contributed by atoms with Crippen LogP contribution in [0.15, 0.2) is 40.2 Å². The summed E-state index contributed by atoms with van der Waals surface area (Å²) >= 11 is 5.08. The Bertz CT molecular complexity index is 450. The van der Waals surface area contributed by atoms with E-state index in [1.807, 2.05) is 36.4 Å². The van der Waals surface area contributed by atoms with Gasteiger partial charge in [-0.15, -0.1) is 11.3 Å². The molecule has 16 heavy (non-hydrogen) atoms. The Labute approximate surface area is 107 Å². The summed E-state index contributed by atoms with van der Waals surface area (Å²) in [5, 5.41) is 8.89. The van der Waals surface area contributed by atoms with E-state index < -0.39 is 0 Å². The van der Waals surface area contributed by atoms with Crippen molar-refractivity contribution in [3.8, 4) is 5.75 Å². The topological polar surface area (TPSA) is 29.5 Å². The summed E-state index contributed by atoms with van der Waals surface area (Å²) in [5.74, 6) is 0.821. The fraction of sp³-hybridized carbons (Fsp3) is 0.167. The largest absolute Gasteiger partial charge is 0.488 e. The second-order valence-electron chi connectivity index (χ2n) is 3.30. The number of rotatable bonds is 4. The highest BCUT2D eigenvalue weighted by Crippen LogP contribution is 2.23. The minimum Gasteiger partial charge on any atom is -0.488 e. The normalized spacial score (nSPS) is 10.4. The van der Waals surface area contributed by atoms with E-state index in [0.29, 0.717) is 6.61 Å². The zero-order chi connectivity index (χ0) is 11.4. The van der Waals surface area contributed by atoms with Gasteiger partial charge >= 0.3 is 0 Å². The molecular formula is C12H11BrO2S. The van der Waals surface area contributed by atoms with E-state index in [1.165, 1.54) is 4.88 Å². The smallest absolute Gasteiger partial charge is 0.122 e. The summed E-state index contributed by atoms with van der Waals surface area (Å²) in [6.45, 7) is 0.646. The van der Waals surface area contributed by atoms with Crippen molar-refractivity contribution < 1.29 is 9.84 Å². The van der Waals surface area contributed by atoms with Crippen LogP contribution in [0.3, 0.4) is 0 Å². The fourth-order valence-corrected chi connectivity index (χ4v) is 2.67. The fourth-order valence-electron chi connectivity index (χ4n) is 1.27. The molecule has 84 valence electrons.